The van der Waals surface area contributed by atoms with Gasteiger partial charge in [0.25, 0.3) is 0 Å². The first-order valence-electron chi connectivity index (χ1n) is 2.95. The van der Waals surface area contributed by atoms with Gasteiger partial charge in [0.05, 0.1) is 6.17 Å². The average molecular weight is 152 g/mol. The van der Waals surface area contributed by atoms with Crippen LogP contribution in [0.3, 0.4) is 0 Å². The molecule has 2 N–H and O–H groups in total. The zero-order valence-electron chi connectivity index (χ0n) is 6.02. The van der Waals surface area contributed by atoms with Gasteiger partial charge >= 0.3 is 29.6 Å². The Labute approximate surface area is 81.7 Å². The van der Waals surface area contributed by atoms with Crippen LogP contribution in [0.15, 0.2) is 0 Å². The maximum Gasteiger partial charge on any atom is 1.00 e. The summed E-state index contributed by atoms with van der Waals surface area (Å²) >= 11 is 0. The predicted molar refractivity (Wildman–Crippen MR) is 29.4 cm³/mol. The minimum Gasteiger partial charge on any atom is -0.550 e. The monoisotopic (exact) mass is 152 g/mol. The molecule has 0 aromatic rings. The van der Waals surface area contributed by atoms with E-state index in [1.54, 1.807) is 0 Å². The van der Waals surface area contributed by atoms with E-state index in [0.29, 0.717) is 0 Å². The van der Waals surface area contributed by atoms with Crippen molar-refractivity contribution in [1.29, 1.82) is 0 Å². The van der Waals surface area contributed by atoms with Gasteiger partial charge in [0, 0.05) is 25.5 Å². The Balaban J connectivity index is 0.000000810. The molecule has 1 aliphatic rings. The summed E-state index contributed by atoms with van der Waals surface area (Å²) in [7, 11) is 0. The topological polar surface area (TPSA) is 64.2 Å². The normalized spacial score (nSPS) is 18.4. The smallest absolute Gasteiger partial charge is 0.550 e. The van der Waals surface area contributed by atoms with Gasteiger partial charge in [-0.25, -0.2) is 0 Å². The zero-order valence-corrected chi connectivity index (χ0v) is 8.02. The van der Waals surface area contributed by atoms with E-state index in [9.17, 15) is 9.90 Å². The van der Waals surface area contributed by atoms with Crippen LogP contribution in [0.25, 0.3) is 0 Å². The van der Waals surface area contributed by atoms with Crippen LogP contribution in [-0.4, -0.2) is 25.2 Å². The van der Waals surface area contributed by atoms with Gasteiger partial charge in [0.2, 0.25) is 0 Å². The summed E-state index contributed by atoms with van der Waals surface area (Å²) in [6.07, 6.45) is -0.0185. The molecule has 0 aromatic heterocycles. The van der Waals surface area contributed by atoms with Crippen molar-refractivity contribution in [3.8, 4) is 0 Å². The second-order valence-corrected chi connectivity index (χ2v) is 2.04. The van der Waals surface area contributed by atoms with Gasteiger partial charge < -0.3 is 20.5 Å². The van der Waals surface area contributed by atoms with Gasteiger partial charge in [-0.2, -0.15) is 0 Å². The first kappa shape index (κ1) is 10.4. The number of nitrogens with one attached hydrogen (secondary N) is 2. The third kappa shape index (κ3) is 3.53. The van der Waals surface area contributed by atoms with Crippen LogP contribution < -0.4 is 45.3 Å². The summed E-state index contributed by atoms with van der Waals surface area (Å²) in [5, 5.41) is 15.9. The van der Waals surface area contributed by atoms with Crippen molar-refractivity contribution < 1.29 is 39.5 Å². The molecule has 0 amide bonds. The SMILES string of the molecule is O=C([O-])CC1NCCN1.[Na+]. The molecule has 5 heteroatoms. The predicted octanol–water partition coefficient (Wildman–Crippen LogP) is -5.35. The van der Waals surface area contributed by atoms with Gasteiger partial charge in [0.1, 0.15) is 0 Å². The fourth-order valence-corrected chi connectivity index (χ4v) is 0.876. The summed E-state index contributed by atoms with van der Waals surface area (Å²) in [5.74, 6) is -1.01. The number of rotatable bonds is 2. The Bertz CT molecular complexity index is 114. The third-order valence-corrected chi connectivity index (χ3v) is 1.28. The van der Waals surface area contributed by atoms with Crippen molar-refractivity contribution in [2.24, 2.45) is 0 Å². The Morgan fingerprint density at radius 1 is 1.50 bits per heavy atom. The van der Waals surface area contributed by atoms with E-state index in [1.807, 2.05) is 0 Å². The van der Waals surface area contributed by atoms with Gasteiger partial charge in [0.15, 0.2) is 0 Å². The Morgan fingerprint density at radius 2 is 2.00 bits per heavy atom. The number of carbonyl (C=O) groups is 1. The Morgan fingerprint density at radius 3 is 2.40 bits per heavy atom. The molecule has 0 bridgehead atoms. The number of hydrogen-bond acceptors (Lipinski definition) is 4. The summed E-state index contributed by atoms with van der Waals surface area (Å²) in [6, 6.07) is 0. The molecule has 0 unspecified atom stereocenters. The molecule has 1 aliphatic heterocycles. The summed E-state index contributed by atoms with van der Waals surface area (Å²) in [5.41, 5.74) is 0. The van der Waals surface area contributed by atoms with Crippen molar-refractivity contribution in [3.05, 3.63) is 0 Å². The average Bonchev–Trinajstić information content (AvgIpc) is 2.15. The standard InChI is InChI=1S/C5H10N2O2.Na/c8-5(9)3-4-6-1-2-7-4;/h4,6-7H,1-3H2,(H,8,9);/q;+1/p-1. The molecule has 1 rings (SSSR count). The molecule has 0 aromatic carbocycles. The third-order valence-electron chi connectivity index (χ3n) is 1.28. The molecular formula is C5H9N2NaO2. The Hall–Kier alpha value is 0.390. The zero-order chi connectivity index (χ0) is 6.69. The molecular weight excluding hydrogens is 143 g/mol. The molecule has 4 nitrogen and oxygen atoms in total. The fourth-order valence-electron chi connectivity index (χ4n) is 0.876. The van der Waals surface area contributed by atoms with Gasteiger partial charge in [-0.15, -0.1) is 0 Å². The summed E-state index contributed by atoms with van der Waals surface area (Å²) in [4.78, 5) is 9.96. The van der Waals surface area contributed by atoms with Crippen molar-refractivity contribution in [3.63, 3.8) is 0 Å². The largest absolute Gasteiger partial charge is 1.00 e. The van der Waals surface area contributed by atoms with E-state index in [0.717, 1.165) is 13.1 Å². The van der Waals surface area contributed by atoms with Crippen LogP contribution in [0.1, 0.15) is 6.42 Å². The van der Waals surface area contributed by atoms with Gasteiger partial charge in [-0.3, -0.25) is 0 Å². The van der Waals surface area contributed by atoms with Crippen LogP contribution in [0.2, 0.25) is 0 Å². The van der Waals surface area contributed by atoms with Crippen LogP contribution >= 0.6 is 0 Å². The molecule has 0 aliphatic carbocycles. The van der Waals surface area contributed by atoms with Crippen molar-refractivity contribution in [1.82, 2.24) is 10.6 Å². The minimum atomic E-state index is -1.01. The maximum absolute atomic E-state index is 9.96. The minimum absolute atomic E-state index is 0. The molecule has 1 saturated heterocycles. The fraction of sp³-hybridized carbons (Fsp3) is 0.800. The summed E-state index contributed by atoms with van der Waals surface area (Å²) < 4.78 is 0. The van der Waals surface area contributed by atoms with E-state index in [4.69, 9.17) is 0 Å². The van der Waals surface area contributed by atoms with E-state index in [2.05, 4.69) is 10.6 Å². The number of carboxylic acids is 1. The van der Waals surface area contributed by atoms with E-state index in [-0.39, 0.29) is 42.1 Å². The van der Waals surface area contributed by atoms with Crippen molar-refractivity contribution >= 4 is 5.97 Å². The van der Waals surface area contributed by atoms with Crippen LogP contribution in [0.5, 0.6) is 0 Å². The first-order chi connectivity index (χ1) is 4.29. The van der Waals surface area contributed by atoms with Crippen molar-refractivity contribution in [2.45, 2.75) is 12.6 Å². The van der Waals surface area contributed by atoms with Gasteiger partial charge in [-0.05, 0) is 0 Å². The molecule has 0 spiro atoms. The van der Waals surface area contributed by atoms with Crippen LogP contribution in [0, 0.1) is 0 Å². The molecule has 10 heavy (non-hydrogen) atoms. The molecule has 0 saturated carbocycles. The van der Waals surface area contributed by atoms with Crippen LogP contribution in [-0.2, 0) is 4.79 Å². The molecule has 0 atom stereocenters. The van der Waals surface area contributed by atoms with E-state index >= 15 is 0 Å². The number of carboxylic acid groups (broad SMARTS) is 1. The Kier molecular flexibility index (Phi) is 5.29. The van der Waals surface area contributed by atoms with Gasteiger partial charge in [-0.1, -0.05) is 0 Å². The maximum atomic E-state index is 9.96. The quantitative estimate of drug-likeness (QED) is 0.388. The molecule has 1 heterocycles. The first-order valence-corrected chi connectivity index (χ1v) is 2.95. The molecule has 0 radical (unpaired) electrons. The number of aliphatic carboxylic acids is 1. The van der Waals surface area contributed by atoms with E-state index < -0.39 is 5.97 Å². The van der Waals surface area contributed by atoms with Crippen LogP contribution in [0.4, 0.5) is 0 Å². The number of hydrogen-bond donors (Lipinski definition) is 2. The number of carbonyl (C=O) groups excluding carboxylic acids is 1. The van der Waals surface area contributed by atoms with E-state index in [1.165, 1.54) is 0 Å². The molecule has 52 valence electrons. The summed E-state index contributed by atoms with van der Waals surface area (Å²) in [6.45, 7) is 1.69. The molecule has 1 fully saturated rings. The van der Waals surface area contributed by atoms with Crippen molar-refractivity contribution in [2.75, 3.05) is 13.1 Å². The second kappa shape index (κ2) is 5.09. The second-order valence-electron chi connectivity index (χ2n) is 2.04.